The molecule has 1 unspecified atom stereocenters. The van der Waals surface area contributed by atoms with Gasteiger partial charge in [0.2, 0.25) is 5.91 Å². The van der Waals surface area contributed by atoms with Crippen molar-refractivity contribution in [3.05, 3.63) is 60.2 Å². The highest BCUT2D eigenvalue weighted by molar-refractivity contribution is 6.00. The summed E-state index contributed by atoms with van der Waals surface area (Å²) in [6.45, 7) is 3.31. The van der Waals surface area contributed by atoms with Gasteiger partial charge in [-0.3, -0.25) is 14.5 Å². The molecular weight excluding hydrogens is 418 g/mol. The second kappa shape index (κ2) is 8.75. The predicted molar refractivity (Wildman–Crippen MR) is 127 cm³/mol. The molecule has 2 amide bonds. The molecule has 0 saturated carbocycles. The molecule has 2 aliphatic heterocycles. The average molecular weight is 446 g/mol. The van der Waals surface area contributed by atoms with Gasteiger partial charge in [0.1, 0.15) is 6.04 Å². The zero-order valence-electron chi connectivity index (χ0n) is 18.8. The van der Waals surface area contributed by atoms with Gasteiger partial charge in [0.15, 0.2) is 11.5 Å². The van der Waals surface area contributed by atoms with E-state index in [1.165, 1.54) is 0 Å². The molecule has 33 heavy (non-hydrogen) atoms. The quantitative estimate of drug-likeness (QED) is 0.669. The van der Waals surface area contributed by atoms with Crippen LogP contribution in [0.4, 0.5) is 0 Å². The molecule has 7 heteroatoms. The van der Waals surface area contributed by atoms with Gasteiger partial charge in [-0.25, -0.2) is 0 Å². The first-order valence-electron chi connectivity index (χ1n) is 11.2. The molecule has 0 aliphatic carbocycles. The number of hydrogen-bond acceptors (Lipinski definition) is 5. The van der Waals surface area contributed by atoms with Crippen LogP contribution in [0.5, 0.6) is 11.5 Å². The number of hydrogen-bond donors (Lipinski definition) is 1. The monoisotopic (exact) mass is 445 g/mol. The Labute approximate surface area is 192 Å². The van der Waals surface area contributed by atoms with Gasteiger partial charge in [-0.2, -0.15) is 0 Å². The summed E-state index contributed by atoms with van der Waals surface area (Å²) in [5, 5.41) is 4.92. The number of amides is 2. The van der Waals surface area contributed by atoms with Crippen LogP contribution < -0.4 is 14.8 Å². The van der Waals surface area contributed by atoms with E-state index in [0.717, 1.165) is 35.0 Å². The molecule has 7 nitrogen and oxygen atoms in total. The van der Waals surface area contributed by atoms with Crippen molar-refractivity contribution in [3.8, 4) is 22.6 Å². The van der Waals surface area contributed by atoms with Crippen molar-refractivity contribution >= 4 is 22.6 Å². The van der Waals surface area contributed by atoms with Gasteiger partial charge >= 0.3 is 0 Å². The number of carbonyl (C=O) groups excluding carboxylic acids is 2. The SMILES string of the molecule is COc1cccc(-c2ccc3cc(C(=O)N4CCN5CCNC(=O)C5C4)ccc3c2)c1OC. The molecule has 0 aromatic heterocycles. The van der Waals surface area contributed by atoms with Crippen molar-refractivity contribution in [1.82, 2.24) is 15.1 Å². The number of nitrogens with zero attached hydrogens (tertiary/aromatic N) is 2. The molecule has 0 radical (unpaired) electrons. The number of rotatable bonds is 4. The molecule has 0 spiro atoms. The van der Waals surface area contributed by atoms with Crippen LogP contribution in [0.3, 0.4) is 0 Å². The van der Waals surface area contributed by atoms with Crippen LogP contribution in [0.25, 0.3) is 21.9 Å². The fourth-order valence-electron chi connectivity index (χ4n) is 4.81. The molecule has 2 saturated heterocycles. The van der Waals surface area contributed by atoms with E-state index < -0.39 is 0 Å². The fraction of sp³-hybridized carbons (Fsp3) is 0.308. The van der Waals surface area contributed by atoms with Crippen molar-refractivity contribution in [1.29, 1.82) is 0 Å². The van der Waals surface area contributed by atoms with Crippen LogP contribution in [-0.4, -0.2) is 74.6 Å². The van der Waals surface area contributed by atoms with Crippen molar-refractivity contribution in [2.75, 3.05) is 46.9 Å². The summed E-state index contributed by atoms with van der Waals surface area (Å²) in [5.41, 5.74) is 2.60. The van der Waals surface area contributed by atoms with E-state index in [0.29, 0.717) is 36.7 Å². The molecule has 3 aromatic rings. The van der Waals surface area contributed by atoms with Gasteiger partial charge in [-0.15, -0.1) is 0 Å². The lowest BCUT2D eigenvalue weighted by Gasteiger charge is -2.43. The lowest BCUT2D eigenvalue weighted by Crippen LogP contribution is -2.64. The summed E-state index contributed by atoms with van der Waals surface area (Å²) in [6, 6.07) is 17.5. The fourth-order valence-corrected chi connectivity index (χ4v) is 4.81. The van der Waals surface area contributed by atoms with Crippen LogP contribution in [-0.2, 0) is 4.79 Å². The number of nitrogens with one attached hydrogen (secondary N) is 1. The van der Waals surface area contributed by atoms with E-state index in [9.17, 15) is 9.59 Å². The lowest BCUT2D eigenvalue weighted by atomic mass is 9.98. The van der Waals surface area contributed by atoms with E-state index >= 15 is 0 Å². The van der Waals surface area contributed by atoms with Crippen molar-refractivity contribution in [2.45, 2.75) is 6.04 Å². The third-order valence-corrected chi connectivity index (χ3v) is 6.58. The third kappa shape index (κ3) is 3.89. The molecule has 2 heterocycles. The van der Waals surface area contributed by atoms with Crippen LogP contribution in [0.1, 0.15) is 10.4 Å². The first-order chi connectivity index (χ1) is 16.1. The van der Waals surface area contributed by atoms with Gasteiger partial charge in [0.25, 0.3) is 5.91 Å². The second-order valence-electron chi connectivity index (χ2n) is 8.41. The highest BCUT2D eigenvalue weighted by Crippen LogP contribution is 2.38. The zero-order valence-corrected chi connectivity index (χ0v) is 18.8. The number of methoxy groups -OCH3 is 2. The largest absolute Gasteiger partial charge is 0.493 e. The van der Waals surface area contributed by atoms with Crippen molar-refractivity contribution in [2.24, 2.45) is 0 Å². The highest BCUT2D eigenvalue weighted by atomic mass is 16.5. The van der Waals surface area contributed by atoms with Crippen molar-refractivity contribution in [3.63, 3.8) is 0 Å². The normalized spacial score (nSPS) is 18.5. The molecule has 2 aliphatic rings. The third-order valence-electron chi connectivity index (χ3n) is 6.58. The Kier molecular flexibility index (Phi) is 5.64. The van der Waals surface area contributed by atoms with Gasteiger partial charge < -0.3 is 19.7 Å². The highest BCUT2D eigenvalue weighted by Gasteiger charge is 2.36. The summed E-state index contributed by atoms with van der Waals surface area (Å²) < 4.78 is 11.0. The molecule has 3 aromatic carbocycles. The molecule has 1 atom stereocenters. The Bertz CT molecular complexity index is 1230. The molecule has 170 valence electrons. The Balaban J connectivity index is 1.41. The topological polar surface area (TPSA) is 71.1 Å². The van der Waals surface area contributed by atoms with E-state index in [4.69, 9.17) is 9.47 Å². The number of benzene rings is 3. The predicted octanol–water partition coefficient (Wildman–Crippen LogP) is 2.78. The van der Waals surface area contributed by atoms with Crippen molar-refractivity contribution < 1.29 is 19.1 Å². The zero-order chi connectivity index (χ0) is 22.9. The van der Waals surface area contributed by atoms with Gasteiger partial charge in [-0.05, 0) is 40.6 Å². The smallest absolute Gasteiger partial charge is 0.253 e. The van der Waals surface area contributed by atoms with Gasteiger partial charge in [0.05, 0.1) is 14.2 Å². The maximum absolute atomic E-state index is 13.2. The van der Waals surface area contributed by atoms with E-state index in [2.05, 4.69) is 16.3 Å². The van der Waals surface area contributed by atoms with E-state index in [-0.39, 0.29) is 17.9 Å². The standard InChI is InChI=1S/C26H27N3O4/c1-32-23-5-3-4-21(24(23)33-2)19-8-6-18-15-20(9-7-17(18)14-19)26(31)29-13-12-28-11-10-27-25(30)22(28)16-29/h3-9,14-15,22H,10-13,16H2,1-2H3,(H,27,30). The summed E-state index contributed by atoms with van der Waals surface area (Å²) in [6.07, 6.45) is 0. The Morgan fingerprint density at radius 2 is 1.79 bits per heavy atom. The number of piperazine rings is 2. The molecule has 0 bridgehead atoms. The van der Waals surface area contributed by atoms with Crippen LogP contribution in [0.15, 0.2) is 54.6 Å². The van der Waals surface area contributed by atoms with E-state index in [1.54, 1.807) is 19.1 Å². The first kappa shape index (κ1) is 21.3. The minimum Gasteiger partial charge on any atom is -0.493 e. The minimum absolute atomic E-state index is 0.0118. The first-order valence-corrected chi connectivity index (χ1v) is 11.2. The molecule has 2 fully saturated rings. The van der Waals surface area contributed by atoms with Gasteiger partial charge in [0, 0.05) is 43.9 Å². The number of fused-ring (bicyclic) bond motifs is 2. The number of carbonyl (C=O) groups is 2. The average Bonchev–Trinajstić information content (AvgIpc) is 2.87. The molecule has 1 N–H and O–H groups in total. The summed E-state index contributed by atoms with van der Waals surface area (Å²) in [4.78, 5) is 29.4. The van der Waals surface area contributed by atoms with Crippen LogP contribution >= 0.6 is 0 Å². The summed E-state index contributed by atoms with van der Waals surface area (Å²) in [5.74, 6) is 1.35. The summed E-state index contributed by atoms with van der Waals surface area (Å²) >= 11 is 0. The van der Waals surface area contributed by atoms with Crippen LogP contribution in [0.2, 0.25) is 0 Å². The number of para-hydroxylation sites is 1. The Hall–Kier alpha value is -3.58. The summed E-state index contributed by atoms with van der Waals surface area (Å²) in [7, 11) is 3.26. The maximum atomic E-state index is 13.2. The Morgan fingerprint density at radius 3 is 2.61 bits per heavy atom. The van der Waals surface area contributed by atoms with Crippen LogP contribution in [0, 0.1) is 0 Å². The minimum atomic E-state index is -0.252. The van der Waals surface area contributed by atoms with E-state index in [1.807, 2.05) is 48.5 Å². The molecular formula is C26H27N3O4. The number of ether oxygens (including phenoxy) is 2. The lowest BCUT2D eigenvalue weighted by molar-refractivity contribution is -0.131. The van der Waals surface area contributed by atoms with Gasteiger partial charge in [-0.1, -0.05) is 30.3 Å². The Morgan fingerprint density at radius 1 is 0.970 bits per heavy atom. The second-order valence-corrected chi connectivity index (χ2v) is 8.41. The molecule has 5 rings (SSSR count). The maximum Gasteiger partial charge on any atom is 0.253 e.